The molecule has 1 amide bonds. The third-order valence-corrected chi connectivity index (χ3v) is 5.45. The van der Waals surface area contributed by atoms with Crippen molar-refractivity contribution in [3.63, 3.8) is 0 Å². The van der Waals surface area contributed by atoms with Crippen LogP contribution in [0.2, 0.25) is 0 Å². The quantitative estimate of drug-likeness (QED) is 0.701. The van der Waals surface area contributed by atoms with Crippen molar-refractivity contribution < 1.29 is 4.79 Å². The molecule has 0 radical (unpaired) electrons. The summed E-state index contributed by atoms with van der Waals surface area (Å²) in [6, 6.07) is 13.9. The fourth-order valence-electron chi connectivity index (χ4n) is 2.51. The van der Waals surface area contributed by atoms with Gasteiger partial charge in [-0.2, -0.15) is 5.10 Å². The van der Waals surface area contributed by atoms with Crippen molar-refractivity contribution in [3.05, 3.63) is 53.4 Å². The van der Waals surface area contributed by atoms with Crippen LogP contribution >= 0.6 is 23.1 Å². The average molecular weight is 369 g/mol. The molecule has 1 aliphatic rings. The number of H-pyrrole nitrogens is 1. The summed E-state index contributed by atoms with van der Waals surface area (Å²) in [6.07, 6.45) is 0.781. The smallest absolute Gasteiger partial charge is 0.253 e. The van der Waals surface area contributed by atoms with Gasteiger partial charge in [-0.25, -0.2) is 9.99 Å². The summed E-state index contributed by atoms with van der Waals surface area (Å²) in [5.41, 5.74) is 2.02. The lowest BCUT2D eigenvalue weighted by Crippen LogP contribution is -2.25. The Balaban J connectivity index is 1.36. The van der Waals surface area contributed by atoms with Crippen LogP contribution in [0.5, 0.6) is 0 Å². The van der Waals surface area contributed by atoms with Crippen LogP contribution in [0.1, 0.15) is 12.0 Å². The molecule has 126 valence electrons. The molecule has 0 saturated carbocycles. The number of carbonyl (C=O) groups is 1. The van der Waals surface area contributed by atoms with Crippen LogP contribution in [-0.4, -0.2) is 44.1 Å². The molecule has 0 unspecified atom stereocenters. The molecule has 0 spiro atoms. The molecule has 0 atom stereocenters. The number of nitrogens with one attached hydrogen (secondary N) is 1. The van der Waals surface area contributed by atoms with Gasteiger partial charge in [0, 0.05) is 6.42 Å². The van der Waals surface area contributed by atoms with Gasteiger partial charge >= 0.3 is 0 Å². The molecular weight excluding hydrogens is 354 g/mol. The monoisotopic (exact) mass is 369 g/mol. The first kappa shape index (κ1) is 16.0. The number of rotatable bonds is 5. The maximum atomic E-state index is 12.4. The van der Waals surface area contributed by atoms with Crippen LogP contribution in [-0.2, 0) is 4.79 Å². The van der Waals surface area contributed by atoms with Gasteiger partial charge in [-0.1, -0.05) is 48.2 Å². The lowest BCUT2D eigenvalue weighted by atomic mass is 10.1. The van der Waals surface area contributed by atoms with Gasteiger partial charge in [0.1, 0.15) is 0 Å². The molecule has 6 nitrogen and oxygen atoms in total. The van der Waals surface area contributed by atoms with Crippen molar-refractivity contribution in [1.29, 1.82) is 0 Å². The molecule has 1 aromatic carbocycles. The molecule has 2 aromatic heterocycles. The van der Waals surface area contributed by atoms with Gasteiger partial charge in [-0.15, -0.1) is 16.4 Å². The first-order chi connectivity index (χ1) is 12.3. The average Bonchev–Trinajstić information content (AvgIpc) is 3.41. The molecule has 4 rings (SSSR count). The van der Waals surface area contributed by atoms with Gasteiger partial charge in [0.2, 0.25) is 5.16 Å². The molecule has 25 heavy (non-hydrogen) atoms. The van der Waals surface area contributed by atoms with Crippen LogP contribution in [0, 0.1) is 0 Å². The molecule has 0 fully saturated rings. The number of benzene rings is 1. The molecule has 1 N–H and O–H groups in total. The summed E-state index contributed by atoms with van der Waals surface area (Å²) in [4.78, 5) is 17.8. The van der Waals surface area contributed by atoms with Crippen LogP contribution in [0.3, 0.4) is 0 Å². The normalized spacial score (nSPS) is 13.9. The predicted molar refractivity (Wildman–Crippen MR) is 99.7 cm³/mol. The number of hydrogen-bond acceptors (Lipinski definition) is 6. The first-order valence-corrected chi connectivity index (χ1v) is 9.68. The number of hydrogen-bond donors (Lipinski definition) is 1. The second-order valence-corrected chi connectivity index (χ2v) is 7.30. The summed E-state index contributed by atoms with van der Waals surface area (Å²) in [5, 5.41) is 15.6. The lowest BCUT2D eigenvalue weighted by Gasteiger charge is -2.09. The third kappa shape index (κ3) is 3.64. The van der Waals surface area contributed by atoms with Gasteiger partial charge in [-0.05, 0) is 17.0 Å². The molecule has 3 aromatic rings. The predicted octanol–water partition coefficient (Wildman–Crippen LogP) is 3.26. The highest BCUT2D eigenvalue weighted by Gasteiger charge is 2.22. The molecule has 0 bridgehead atoms. The molecule has 1 aliphatic heterocycles. The van der Waals surface area contributed by atoms with Crippen LogP contribution in [0.15, 0.2) is 58.1 Å². The van der Waals surface area contributed by atoms with E-state index in [9.17, 15) is 4.79 Å². The van der Waals surface area contributed by atoms with Crippen molar-refractivity contribution in [2.45, 2.75) is 11.6 Å². The number of thioether (sulfide) groups is 1. The van der Waals surface area contributed by atoms with Gasteiger partial charge in [0.15, 0.2) is 5.82 Å². The zero-order chi connectivity index (χ0) is 17.1. The SMILES string of the molecule is O=C(CSc1n[nH]c(-c2cccs2)n1)N1CCC(c2ccccc2)=N1. The Hall–Kier alpha value is -2.45. The number of aromatic amines is 1. The summed E-state index contributed by atoms with van der Waals surface area (Å²) in [7, 11) is 0. The Morgan fingerprint density at radius 2 is 2.12 bits per heavy atom. The summed E-state index contributed by atoms with van der Waals surface area (Å²) in [5.74, 6) is 0.974. The first-order valence-electron chi connectivity index (χ1n) is 7.82. The van der Waals surface area contributed by atoms with E-state index in [-0.39, 0.29) is 11.7 Å². The fraction of sp³-hybridized carbons (Fsp3) is 0.176. The highest BCUT2D eigenvalue weighted by molar-refractivity contribution is 7.99. The Morgan fingerprint density at radius 1 is 1.24 bits per heavy atom. The van der Waals surface area contributed by atoms with Crippen molar-refractivity contribution in [3.8, 4) is 10.7 Å². The number of nitrogens with zero attached hydrogens (tertiary/aromatic N) is 4. The van der Waals surface area contributed by atoms with E-state index in [1.165, 1.54) is 11.8 Å². The molecule has 0 saturated heterocycles. The van der Waals surface area contributed by atoms with Gasteiger partial charge in [0.05, 0.1) is 22.9 Å². The van der Waals surface area contributed by atoms with Gasteiger partial charge < -0.3 is 0 Å². The number of hydrazone groups is 1. The van der Waals surface area contributed by atoms with E-state index in [2.05, 4.69) is 20.3 Å². The third-order valence-electron chi connectivity index (χ3n) is 3.74. The number of aromatic nitrogens is 3. The van der Waals surface area contributed by atoms with E-state index in [0.29, 0.717) is 11.7 Å². The second kappa shape index (κ2) is 7.20. The van der Waals surface area contributed by atoms with Gasteiger partial charge in [-0.3, -0.25) is 9.89 Å². The van der Waals surface area contributed by atoms with E-state index < -0.39 is 0 Å². The summed E-state index contributed by atoms with van der Waals surface area (Å²) < 4.78 is 0. The Labute approximate surface area is 153 Å². The Bertz CT molecular complexity index is 889. The minimum absolute atomic E-state index is 0.0293. The summed E-state index contributed by atoms with van der Waals surface area (Å²) in [6.45, 7) is 0.623. The van der Waals surface area contributed by atoms with Crippen LogP contribution in [0.25, 0.3) is 10.7 Å². The van der Waals surface area contributed by atoms with Crippen molar-refractivity contribution in [2.24, 2.45) is 5.10 Å². The van der Waals surface area contributed by atoms with E-state index in [1.807, 2.05) is 47.8 Å². The minimum atomic E-state index is -0.0293. The van der Waals surface area contributed by atoms with E-state index in [0.717, 1.165) is 28.4 Å². The standard InChI is InChI=1S/C17H15N5OS2/c23-15(22-9-8-13(21-22)12-5-2-1-3-6-12)11-25-17-18-16(19-20-17)14-7-4-10-24-14/h1-7,10H,8-9,11H2,(H,18,19,20). The lowest BCUT2D eigenvalue weighted by molar-refractivity contribution is -0.127. The maximum absolute atomic E-state index is 12.4. The van der Waals surface area contributed by atoms with Crippen molar-refractivity contribution in [2.75, 3.05) is 12.3 Å². The second-order valence-electron chi connectivity index (χ2n) is 5.41. The molecule has 0 aliphatic carbocycles. The highest BCUT2D eigenvalue weighted by Crippen LogP contribution is 2.23. The Morgan fingerprint density at radius 3 is 2.92 bits per heavy atom. The topological polar surface area (TPSA) is 74.2 Å². The van der Waals surface area contributed by atoms with Crippen molar-refractivity contribution >= 4 is 34.7 Å². The van der Waals surface area contributed by atoms with Crippen LogP contribution < -0.4 is 0 Å². The summed E-state index contributed by atoms with van der Waals surface area (Å²) >= 11 is 2.92. The largest absolute Gasteiger partial charge is 0.272 e. The zero-order valence-corrected chi connectivity index (χ0v) is 14.9. The number of carbonyl (C=O) groups excluding carboxylic acids is 1. The highest BCUT2D eigenvalue weighted by atomic mass is 32.2. The Kier molecular flexibility index (Phi) is 4.62. The zero-order valence-electron chi connectivity index (χ0n) is 13.3. The number of thiophene rings is 1. The van der Waals surface area contributed by atoms with E-state index in [4.69, 9.17) is 0 Å². The molecule has 8 heteroatoms. The fourth-order valence-corrected chi connectivity index (χ4v) is 3.84. The number of amides is 1. The van der Waals surface area contributed by atoms with Crippen LogP contribution in [0.4, 0.5) is 0 Å². The van der Waals surface area contributed by atoms with Crippen molar-refractivity contribution in [1.82, 2.24) is 20.2 Å². The minimum Gasteiger partial charge on any atom is -0.272 e. The van der Waals surface area contributed by atoms with Gasteiger partial charge in [0.25, 0.3) is 5.91 Å². The molecular formula is C17H15N5OS2. The molecule has 3 heterocycles. The van der Waals surface area contributed by atoms with E-state index >= 15 is 0 Å². The van der Waals surface area contributed by atoms with E-state index in [1.54, 1.807) is 16.3 Å². The maximum Gasteiger partial charge on any atom is 0.253 e.